The second-order valence-electron chi connectivity index (χ2n) is 29.0. The van der Waals surface area contributed by atoms with Gasteiger partial charge in [0.15, 0.2) is 0 Å². The van der Waals surface area contributed by atoms with E-state index in [0.717, 1.165) is 86.9 Å². The first-order valence-electron chi connectivity index (χ1n) is 32.9. The number of nitrogens with one attached hydrogen (secondary N) is 2. The lowest BCUT2D eigenvalue weighted by molar-refractivity contribution is 0.00578. The van der Waals surface area contributed by atoms with Crippen LogP contribution >= 0.6 is 11.6 Å². The average Bonchev–Trinajstić information content (AvgIpc) is 1.62. The normalized spacial score (nSPS) is 15.9. The summed E-state index contributed by atoms with van der Waals surface area (Å²) in [5.74, 6) is 1.25. The number of rotatable bonds is 22. The Morgan fingerprint density at radius 2 is 1.09 bits per heavy atom. The number of hydrogen-bond acceptors (Lipinski definition) is 16. The fourth-order valence-corrected chi connectivity index (χ4v) is 13.5. The maximum atomic E-state index is 9.34. The molecule has 0 radical (unpaired) electrons. The summed E-state index contributed by atoms with van der Waals surface area (Å²) in [7, 11) is -3.48. The van der Waals surface area contributed by atoms with Crippen molar-refractivity contribution in [2.24, 2.45) is 11.8 Å². The second kappa shape index (κ2) is 34.8. The van der Waals surface area contributed by atoms with Crippen LogP contribution in [0.4, 0.5) is 0 Å². The summed E-state index contributed by atoms with van der Waals surface area (Å²) in [5.41, 5.74) is 6.64. The van der Waals surface area contributed by atoms with E-state index in [1.165, 1.54) is 69.8 Å². The predicted octanol–water partition coefficient (Wildman–Crippen LogP) is 15.4. The Kier molecular flexibility index (Phi) is 27.6. The minimum absolute atomic E-state index is 0. The molecule has 2 aliphatic carbocycles. The summed E-state index contributed by atoms with van der Waals surface area (Å²) in [5, 5.41) is 38.9. The number of halogens is 1. The van der Waals surface area contributed by atoms with Crippen LogP contribution < -0.4 is 5.46 Å². The van der Waals surface area contributed by atoms with Crippen molar-refractivity contribution in [2.45, 2.75) is 207 Å². The molecule has 95 heavy (non-hydrogen) atoms. The molecule has 9 aromatic heterocycles. The maximum absolute atomic E-state index is 9.34. The Morgan fingerprint density at radius 3 is 1.56 bits per heavy atom. The van der Waals surface area contributed by atoms with Crippen molar-refractivity contribution in [3.05, 3.63) is 110 Å². The van der Waals surface area contributed by atoms with E-state index in [4.69, 9.17) is 40.4 Å². The smallest absolute Gasteiger partial charge is 0.399 e. The molecule has 2 saturated carbocycles. The Bertz CT molecular complexity index is 3860. The molecule has 2 N–H and O–H groups in total. The third-order valence-corrected chi connectivity index (χ3v) is 22.8. The van der Waals surface area contributed by atoms with Gasteiger partial charge in [-0.1, -0.05) is 110 Å². The number of aromatic nitrogens is 15. The molecule has 0 amide bonds. The van der Waals surface area contributed by atoms with Crippen LogP contribution in [0.3, 0.4) is 0 Å². The van der Waals surface area contributed by atoms with Crippen molar-refractivity contribution in [1.29, 1.82) is 10.5 Å². The SMILES string of the molecule is C.CC1(C)OB(c2cn[nH]c2)OC1(C)C.C[Si](C)(C)CCOCn1ccc2c(-c3cn[nH]c3)ncnc21.C[Si](C)(C)CCOCn1ccc2c(-c3cnn(C(CC#N)C4CCCC4)c3)ncnc21.C[Si](C)(C)CCOCn1ccc2c(Cl)ncnc21.N#CC=CC1CCCC1. The zero-order valence-electron chi connectivity index (χ0n) is 57.5. The van der Waals surface area contributed by atoms with Crippen LogP contribution in [0.1, 0.15) is 99.0 Å². The highest BCUT2D eigenvalue weighted by atomic mass is 35.5. The minimum atomic E-state index is -1.10. The second-order valence-corrected chi connectivity index (χ2v) is 46.3. The van der Waals surface area contributed by atoms with Gasteiger partial charge in [-0.3, -0.25) is 14.9 Å². The fourth-order valence-electron chi connectivity index (χ4n) is 11.0. The number of ether oxygens (including phenoxy) is 3. The molecule has 9 aromatic rings. The molecule has 0 spiro atoms. The van der Waals surface area contributed by atoms with E-state index < -0.39 is 24.2 Å². The molecule has 27 heteroatoms. The third kappa shape index (κ3) is 22.0. The quantitative estimate of drug-likeness (QED) is 0.0276. The van der Waals surface area contributed by atoms with Gasteiger partial charge in [0, 0.05) is 121 Å². The summed E-state index contributed by atoms with van der Waals surface area (Å²) in [6.45, 7) is 33.2. The van der Waals surface area contributed by atoms with Crippen LogP contribution in [0.25, 0.3) is 55.6 Å². The first-order chi connectivity index (χ1) is 44.8. The Morgan fingerprint density at radius 1 is 0.632 bits per heavy atom. The van der Waals surface area contributed by atoms with Gasteiger partial charge in [0.05, 0.1) is 65.0 Å². The van der Waals surface area contributed by atoms with Crippen LogP contribution in [-0.4, -0.2) is 136 Å². The summed E-state index contributed by atoms with van der Waals surface area (Å²) < 4.78 is 37.1. The van der Waals surface area contributed by atoms with Gasteiger partial charge in [0.25, 0.3) is 0 Å². The first-order valence-corrected chi connectivity index (χ1v) is 44.4. The van der Waals surface area contributed by atoms with E-state index >= 15 is 0 Å². The van der Waals surface area contributed by atoms with E-state index in [0.29, 0.717) is 43.6 Å². The average molecular weight is 1370 g/mol. The topological polar surface area (TPSA) is 261 Å². The molecule has 1 unspecified atom stereocenters. The van der Waals surface area contributed by atoms with Crippen molar-refractivity contribution in [3.8, 4) is 34.7 Å². The lowest BCUT2D eigenvalue weighted by atomic mass is 9.82. The number of hydrogen-bond donors (Lipinski definition) is 2. The van der Waals surface area contributed by atoms with Gasteiger partial charge in [0.1, 0.15) is 61.3 Å². The Labute approximate surface area is 570 Å². The highest BCUT2D eigenvalue weighted by Crippen LogP contribution is 2.38. The van der Waals surface area contributed by atoms with Crippen LogP contribution in [0.15, 0.2) is 105 Å². The van der Waals surface area contributed by atoms with Crippen molar-refractivity contribution in [1.82, 2.24) is 73.8 Å². The van der Waals surface area contributed by atoms with E-state index in [1.807, 2.05) is 114 Å². The van der Waals surface area contributed by atoms with Crippen molar-refractivity contribution < 1.29 is 23.5 Å². The molecular weight excluding hydrogens is 1270 g/mol. The van der Waals surface area contributed by atoms with Crippen molar-refractivity contribution in [2.75, 3.05) is 19.8 Å². The maximum Gasteiger partial charge on any atom is 0.498 e. The van der Waals surface area contributed by atoms with Gasteiger partial charge < -0.3 is 37.2 Å². The van der Waals surface area contributed by atoms with Gasteiger partial charge in [-0.05, 0) is 102 Å². The molecule has 10 heterocycles. The molecule has 1 atom stereocenters. The first kappa shape index (κ1) is 75.4. The zero-order chi connectivity index (χ0) is 67.5. The van der Waals surface area contributed by atoms with Crippen molar-refractivity contribution in [3.63, 3.8) is 0 Å². The third-order valence-electron chi connectivity index (χ3n) is 17.4. The van der Waals surface area contributed by atoms with E-state index in [-0.39, 0.29) is 31.8 Å². The summed E-state index contributed by atoms with van der Waals surface area (Å²) in [6, 6.07) is 14.0. The van der Waals surface area contributed by atoms with Crippen LogP contribution in [0.5, 0.6) is 0 Å². The molecule has 3 aliphatic rings. The number of H-pyrrole nitrogens is 2. The fraction of sp³-hybridized carbons (Fsp3) is 0.544. The van der Waals surface area contributed by atoms with E-state index in [2.05, 4.69) is 120 Å². The molecule has 1 aliphatic heterocycles. The number of allylic oxidation sites excluding steroid dienone is 2. The van der Waals surface area contributed by atoms with Gasteiger partial charge in [0.2, 0.25) is 0 Å². The number of nitrogens with zero attached hydrogens (tertiary/aromatic N) is 15. The standard InChI is InChI=1S/C23H32N6OSi.C15H21N5OSi.C12H18ClN3OSi.C9H15BN2O2.C8H11N.CH4/c1-31(2,3)13-12-30-17-28-11-9-20-22(25-16-26-23(20)28)19-14-27-29(15-19)21(8-10-24)18-6-4-5-7-18;1-22(2,3)7-6-21-11-20-5-4-13-14(12-8-18-19-9-12)16-10-17-15(13)20;1-18(2,3)7-6-17-9-16-5-4-10-11(13)14-8-15-12(10)16;1-8(2)9(3,4)14-10(13-8)7-5-11-12-6-7;9-7-3-6-8-4-1-2-5-8;/h9,11,14-16,18,21H,4-8,12-13,17H2,1-3H3;4-5,8-10H,6-7,11H2,1-3H3,(H,18,19);4-5,8H,6-7,9H2,1-3H3;5-6H,1-4H3,(H,11,12);3,6,8H,1-2,4-5H2;1H4. The number of aromatic amines is 2. The van der Waals surface area contributed by atoms with Crippen LogP contribution in [-0.2, 0) is 43.7 Å². The number of fused-ring (bicyclic) bond motifs is 3. The molecule has 0 bridgehead atoms. The molecular formula is C68H101BClN17O5Si3. The zero-order valence-corrected chi connectivity index (χ0v) is 61.2. The molecule has 1 saturated heterocycles. The van der Waals surface area contributed by atoms with Crippen molar-refractivity contribution >= 4 is 81.5 Å². The summed E-state index contributed by atoms with van der Waals surface area (Å²) >= 11 is 5.99. The summed E-state index contributed by atoms with van der Waals surface area (Å²) in [6.07, 6.45) is 35.9. The van der Waals surface area contributed by atoms with Gasteiger partial charge in [-0.25, -0.2) is 29.9 Å². The lowest BCUT2D eigenvalue weighted by Gasteiger charge is -2.32. The van der Waals surface area contributed by atoms with Gasteiger partial charge >= 0.3 is 7.12 Å². The van der Waals surface area contributed by atoms with E-state index in [1.54, 1.807) is 37.3 Å². The molecule has 12 rings (SSSR count). The predicted molar refractivity (Wildman–Crippen MR) is 388 cm³/mol. The monoisotopic (exact) mass is 1370 g/mol. The summed E-state index contributed by atoms with van der Waals surface area (Å²) in [4.78, 5) is 26.0. The molecule has 22 nitrogen and oxygen atoms in total. The van der Waals surface area contributed by atoms with Crippen LogP contribution in [0.2, 0.25) is 82.2 Å². The van der Waals surface area contributed by atoms with Gasteiger partial charge in [-0.2, -0.15) is 25.8 Å². The lowest BCUT2D eigenvalue weighted by Crippen LogP contribution is -2.41. The van der Waals surface area contributed by atoms with Gasteiger partial charge in [-0.15, -0.1) is 0 Å². The highest BCUT2D eigenvalue weighted by molar-refractivity contribution is 6.76. The Balaban J connectivity index is 0.000000176. The molecule has 3 fully saturated rings. The highest BCUT2D eigenvalue weighted by Gasteiger charge is 2.52. The minimum Gasteiger partial charge on any atom is -0.399 e. The number of nitriles is 2. The van der Waals surface area contributed by atoms with E-state index in [9.17, 15) is 5.26 Å². The largest absolute Gasteiger partial charge is 0.498 e. The molecule has 0 aromatic carbocycles. The Hall–Kier alpha value is -6.98. The van der Waals surface area contributed by atoms with Crippen LogP contribution in [0, 0.1) is 34.5 Å². The molecule has 510 valence electrons.